The Hall–Kier alpha value is -3.52. The number of amides is 1. The summed E-state index contributed by atoms with van der Waals surface area (Å²) < 4.78 is 7.44. The average Bonchev–Trinajstić information content (AvgIpc) is 3.25. The van der Waals surface area contributed by atoms with Gasteiger partial charge >= 0.3 is 0 Å². The van der Waals surface area contributed by atoms with E-state index in [-0.39, 0.29) is 30.3 Å². The van der Waals surface area contributed by atoms with E-state index in [2.05, 4.69) is 15.3 Å². The summed E-state index contributed by atoms with van der Waals surface area (Å²) in [6.45, 7) is 4.39. The number of fused-ring (bicyclic) bond motifs is 1. The third-order valence-electron chi connectivity index (χ3n) is 5.12. The molecule has 4 rings (SSSR count). The lowest BCUT2D eigenvalue weighted by Gasteiger charge is -2.25. The second-order valence-corrected chi connectivity index (χ2v) is 8.00. The van der Waals surface area contributed by atoms with Crippen LogP contribution in [0.15, 0.2) is 63.9 Å². The van der Waals surface area contributed by atoms with Gasteiger partial charge < -0.3 is 9.32 Å². The number of benzene rings is 2. The summed E-state index contributed by atoms with van der Waals surface area (Å²) in [5, 5.41) is 13.4. The van der Waals surface area contributed by atoms with E-state index >= 15 is 0 Å². The first-order valence-electron chi connectivity index (χ1n) is 10.3. The van der Waals surface area contributed by atoms with E-state index in [1.165, 1.54) is 6.20 Å². The highest BCUT2D eigenvalue weighted by molar-refractivity contribution is 6.33. The van der Waals surface area contributed by atoms with E-state index in [1.54, 1.807) is 33.8 Å². The van der Waals surface area contributed by atoms with Crippen molar-refractivity contribution in [2.45, 2.75) is 39.4 Å². The highest BCUT2D eigenvalue weighted by Gasteiger charge is 2.21. The summed E-state index contributed by atoms with van der Waals surface area (Å²) in [7, 11) is 0. The third kappa shape index (κ3) is 4.55. The Morgan fingerprint density at radius 1 is 1.12 bits per heavy atom. The third-order valence-corrected chi connectivity index (χ3v) is 5.45. The van der Waals surface area contributed by atoms with Crippen LogP contribution < -0.4 is 5.43 Å². The van der Waals surface area contributed by atoms with Crippen molar-refractivity contribution in [2.75, 3.05) is 0 Å². The molecule has 0 spiro atoms. The van der Waals surface area contributed by atoms with Gasteiger partial charge in [-0.25, -0.2) is 0 Å². The molecular formula is C23H22ClN5O3. The van der Waals surface area contributed by atoms with Gasteiger partial charge in [-0.15, -0.1) is 10.2 Å². The number of rotatable bonds is 7. The van der Waals surface area contributed by atoms with Crippen LogP contribution in [0, 0.1) is 0 Å². The van der Waals surface area contributed by atoms with Crippen LogP contribution in [0.2, 0.25) is 5.02 Å². The molecule has 0 unspecified atom stereocenters. The summed E-state index contributed by atoms with van der Waals surface area (Å²) in [4.78, 5) is 26.7. The van der Waals surface area contributed by atoms with Gasteiger partial charge in [-0.05, 0) is 38.1 Å². The van der Waals surface area contributed by atoms with Crippen molar-refractivity contribution in [3.05, 3.63) is 75.9 Å². The van der Waals surface area contributed by atoms with Crippen LogP contribution in [0.1, 0.15) is 26.2 Å². The van der Waals surface area contributed by atoms with Gasteiger partial charge in [0.1, 0.15) is 0 Å². The summed E-state index contributed by atoms with van der Waals surface area (Å²) >= 11 is 6.21. The zero-order valence-electron chi connectivity index (χ0n) is 17.7. The minimum atomic E-state index is -0.141. The zero-order valence-corrected chi connectivity index (χ0v) is 18.5. The number of hydrogen-bond donors (Lipinski definition) is 0. The molecule has 9 heteroatoms. The lowest BCUT2D eigenvalue weighted by molar-refractivity contribution is -0.134. The summed E-state index contributed by atoms with van der Waals surface area (Å²) in [5.74, 6) is 0.557. The van der Waals surface area contributed by atoms with E-state index < -0.39 is 0 Å². The molecule has 0 saturated carbocycles. The lowest BCUT2D eigenvalue weighted by Crippen LogP contribution is -2.37. The number of carbonyl (C=O) groups excluding carboxylic acids is 1. The fourth-order valence-electron chi connectivity index (χ4n) is 3.45. The molecule has 0 aliphatic carbocycles. The van der Waals surface area contributed by atoms with Gasteiger partial charge in [-0.3, -0.25) is 14.3 Å². The monoisotopic (exact) mass is 451 g/mol. The van der Waals surface area contributed by atoms with Crippen molar-refractivity contribution in [3.8, 4) is 11.5 Å². The first kappa shape index (κ1) is 21.7. The Bertz CT molecular complexity index is 1310. The molecule has 2 heterocycles. The molecule has 4 aromatic rings. The quantitative estimate of drug-likeness (QED) is 0.422. The lowest BCUT2D eigenvalue weighted by atomic mass is 10.2. The number of carbonyl (C=O) groups is 1. The highest BCUT2D eigenvalue weighted by Crippen LogP contribution is 2.26. The molecule has 2 aromatic carbocycles. The smallest absolute Gasteiger partial charge is 0.249 e. The van der Waals surface area contributed by atoms with Crippen LogP contribution in [0.3, 0.4) is 0 Å². The minimum Gasteiger partial charge on any atom is -0.419 e. The molecule has 2 aromatic heterocycles. The maximum atomic E-state index is 13.0. The predicted octanol–water partition coefficient (Wildman–Crippen LogP) is 3.93. The molecule has 0 atom stereocenters. The first-order chi connectivity index (χ1) is 15.4. The molecular weight excluding hydrogens is 430 g/mol. The minimum absolute atomic E-state index is 0.0723. The van der Waals surface area contributed by atoms with Crippen molar-refractivity contribution in [1.82, 2.24) is 24.9 Å². The normalized spacial score (nSPS) is 11.2. The number of halogens is 1. The van der Waals surface area contributed by atoms with Crippen molar-refractivity contribution in [1.29, 1.82) is 0 Å². The molecule has 164 valence electrons. The molecule has 1 amide bonds. The van der Waals surface area contributed by atoms with Gasteiger partial charge in [-0.2, -0.15) is 5.10 Å². The predicted molar refractivity (Wildman–Crippen MR) is 121 cm³/mol. The topological polar surface area (TPSA) is 94.1 Å². The molecule has 8 nitrogen and oxygen atoms in total. The fraction of sp³-hybridized carbons (Fsp3) is 0.261. The second-order valence-electron chi connectivity index (χ2n) is 7.60. The van der Waals surface area contributed by atoms with Crippen molar-refractivity contribution < 1.29 is 9.21 Å². The van der Waals surface area contributed by atoms with Crippen LogP contribution in [-0.2, 0) is 17.9 Å². The summed E-state index contributed by atoms with van der Waals surface area (Å²) in [6.07, 6.45) is 1.49. The van der Waals surface area contributed by atoms with E-state index in [1.807, 2.05) is 38.1 Å². The zero-order chi connectivity index (χ0) is 22.7. The maximum Gasteiger partial charge on any atom is 0.249 e. The number of aryl methyl sites for hydroxylation is 1. The molecule has 0 aliphatic rings. The van der Waals surface area contributed by atoms with Crippen molar-refractivity contribution in [2.24, 2.45) is 0 Å². The Kier molecular flexibility index (Phi) is 6.32. The average molecular weight is 452 g/mol. The highest BCUT2D eigenvalue weighted by atomic mass is 35.5. The summed E-state index contributed by atoms with van der Waals surface area (Å²) in [6, 6.07) is 14.4. The molecule has 0 aliphatic heterocycles. The number of para-hydroxylation sites is 1. The first-order valence-corrected chi connectivity index (χ1v) is 10.6. The molecule has 0 fully saturated rings. The largest absolute Gasteiger partial charge is 0.419 e. The second kappa shape index (κ2) is 9.32. The van der Waals surface area contributed by atoms with Crippen LogP contribution >= 0.6 is 11.6 Å². The number of nitrogens with zero attached hydrogens (tertiary/aromatic N) is 5. The van der Waals surface area contributed by atoms with Crippen LogP contribution in [0.4, 0.5) is 0 Å². The number of hydrogen-bond acceptors (Lipinski definition) is 6. The molecule has 0 saturated heterocycles. The Morgan fingerprint density at radius 2 is 1.88 bits per heavy atom. The van der Waals surface area contributed by atoms with Gasteiger partial charge in [0.2, 0.25) is 23.1 Å². The van der Waals surface area contributed by atoms with Crippen molar-refractivity contribution >= 4 is 28.4 Å². The molecule has 0 radical (unpaired) electrons. The maximum absolute atomic E-state index is 13.0. The molecule has 32 heavy (non-hydrogen) atoms. The van der Waals surface area contributed by atoms with E-state index in [0.717, 1.165) is 0 Å². The van der Waals surface area contributed by atoms with E-state index in [0.29, 0.717) is 39.8 Å². The Labute approximate surface area is 189 Å². The van der Waals surface area contributed by atoms with E-state index in [9.17, 15) is 9.59 Å². The standard InChI is InChI=1S/C23H22ClN5O3/c1-15(2)28(14-21-26-27-23(32-21)16-7-3-5-9-18(16)24)22(31)11-12-29-19-10-6-4-8-17(19)20(30)13-25-29/h3-10,13,15H,11-12,14H2,1-2H3. The molecule has 0 bridgehead atoms. The van der Waals surface area contributed by atoms with E-state index in [4.69, 9.17) is 16.0 Å². The van der Waals surface area contributed by atoms with Crippen LogP contribution in [0.25, 0.3) is 22.4 Å². The van der Waals surface area contributed by atoms with Gasteiger partial charge in [-0.1, -0.05) is 35.9 Å². The van der Waals surface area contributed by atoms with Gasteiger partial charge in [0.05, 0.1) is 35.4 Å². The van der Waals surface area contributed by atoms with Gasteiger partial charge in [0, 0.05) is 17.8 Å². The molecule has 0 N–H and O–H groups in total. The SMILES string of the molecule is CC(C)N(Cc1nnc(-c2ccccc2Cl)o1)C(=O)CCn1ncc(=O)c2ccccc21. The fourth-order valence-corrected chi connectivity index (χ4v) is 3.67. The van der Waals surface area contributed by atoms with Crippen molar-refractivity contribution in [3.63, 3.8) is 0 Å². The van der Waals surface area contributed by atoms with Gasteiger partial charge in [0.15, 0.2) is 0 Å². The van der Waals surface area contributed by atoms with Crippen LogP contribution in [0.5, 0.6) is 0 Å². The summed E-state index contributed by atoms with van der Waals surface area (Å²) in [5.41, 5.74) is 1.20. The van der Waals surface area contributed by atoms with Crippen LogP contribution in [-0.4, -0.2) is 36.8 Å². The Balaban J connectivity index is 1.48. The Morgan fingerprint density at radius 3 is 2.66 bits per heavy atom. The number of aromatic nitrogens is 4. The van der Waals surface area contributed by atoms with Gasteiger partial charge in [0.25, 0.3) is 0 Å².